The van der Waals surface area contributed by atoms with Crippen molar-refractivity contribution in [1.82, 2.24) is 4.98 Å². The molecule has 0 fully saturated rings. The second-order valence-corrected chi connectivity index (χ2v) is 4.30. The molecule has 0 amide bonds. The predicted octanol–water partition coefficient (Wildman–Crippen LogP) is 2.67. The van der Waals surface area contributed by atoms with Gasteiger partial charge in [0.1, 0.15) is 5.75 Å². The molecule has 1 heterocycles. The van der Waals surface area contributed by atoms with Crippen LogP contribution < -0.4 is 4.74 Å². The molecule has 1 aromatic heterocycles. The highest BCUT2D eigenvalue weighted by Crippen LogP contribution is 2.24. The van der Waals surface area contributed by atoms with Crippen LogP contribution in [0.5, 0.6) is 5.75 Å². The summed E-state index contributed by atoms with van der Waals surface area (Å²) in [4.78, 5) is 3.97. The van der Waals surface area contributed by atoms with Crippen molar-refractivity contribution in [3.8, 4) is 5.75 Å². The number of pyridine rings is 1. The topological polar surface area (TPSA) is 42.4 Å². The Kier molecular flexibility index (Phi) is 3.95. The minimum atomic E-state index is -0.502. The Bertz CT molecular complexity index is 511. The molecule has 1 unspecified atom stereocenters. The summed E-state index contributed by atoms with van der Waals surface area (Å²) in [6.07, 6.45) is 3.57. The van der Waals surface area contributed by atoms with Crippen LogP contribution in [0.4, 0.5) is 0 Å². The van der Waals surface area contributed by atoms with Crippen LogP contribution in [0.25, 0.3) is 0 Å². The Morgan fingerprint density at radius 1 is 1.22 bits per heavy atom. The van der Waals surface area contributed by atoms with E-state index < -0.39 is 6.10 Å². The number of nitrogens with zero attached hydrogens (tertiary/aromatic N) is 1. The van der Waals surface area contributed by atoms with Gasteiger partial charge in [0.05, 0.1) is 13.2 Å². The second kappa shape index (κ2) is 5.65. The summed E-state index contributed by atoms with van der Waals surface area (Å²) < 4.78 is 5.16. The van der Waals surface area contributed by atoms with Gasteiger partial charge in [0.15, 0.2) is 0 Å². The van der Waals surface area contributed by atoms with Gasteiger partial charge < -0.3 is 9.84 Å². The molecule has 2 rings (SSSR count). The summed E-state index contributed by atoms with van der Waals surface area (Å²) in [6.45, 7) is 1.98. The van der Waals surface area contributed by atoms with Crippen molar-refractivity contribution in [2.45, 2.75) is 19.4 Å². The maximum absolute atomic E-state index is 10.3. The van der Waals surface area contributed by atoms with Crippen molar-refractivity contribution in [2.75, 3.05) is 7.11 Å². The van der Waals surface area contributed by atoms with Crippen LogP contribution in [0.15, 0.2) is 42.7 Å². The van der Waals surface area contributed by atoms with Crippen LogP contribution in [0.1, 0.15) is 22.8 Å². The Balaban J connectivity index is 2.16. The van der Waals surface area contributed by atoms with E-state index in [1.807, 2.05) is 37.3 Å². The van der Waals surface area contributed by atoms with Gasteiger partial charge >= 0.3 is 0 Å². The van der Waals surface area contributed by atoms with Crippen molar-refractivity contribution >= 4 is 0 Å². The third-order valence-electron chi connectivity index (χ3n) is 3.01. The zero-order valence-electron chi connectivity index (χ0n) is 10.6. The molecule has 3 heteroatoms. The van der Waals surface area contributed by atoms with Crippen LogP contribution in [-0.4, -0.2) is 17.2 Å². The quantitative estimate of drug-likeness (QED) is 0.897. The largest absolute Gasteiger partial charge is 0.497 e. The highest BCUT2D eigenvalue weighted by molar-refractivity contribution is 5.36. The SMILES string of the molecule is COc1ccc(C(O)Cc2ccncc2)c(C)c1. The molecule has 0 saturated heterocycles. The maximum Gasteiger partial charge on any atom is 0.119 e. The number of aromatic nitrogens is 1. The highest BCUT2D eigenvalue weighted by atomic mass is 16.5. The molecule has 18 heavy (non-hydrogen) atoms. The monoisotopic (exact) mass is 243 g/mol. The average Bonchev–Trinajstić information content (AvgIpc) is 2.39. The number of hydrogen-bond donors (Lipinski definition) is 1. The molecule has 0 aliphatic rings. The van der Waals surface area contributed by atoms with Crippen molar-refractivity contribution in [3.63, 3.8) is 0 Å². The van der Waals surface area contributed by atoms with Crippen LogP contribution >= 0.6 is 0 Å². The molecule has 1 aromatic carbocycles. The van der Waals surface area contributed by atoms with Gasteiger partial charge in [0.2, 0.25) is 0 Å². The van der Waals surface area contributed by atoms with E-state index in [-0.39, 0.29) is 0 Å². The van der Waals surface area contributed by atoms with E-state index in [4.69, 9.17) is 4.74 Å². The molecule has 0 aliphatic carbocycles. The second-order valence-electron chi connectivity index (χ2n) is 4.30. The van der Waals surface area contributed by atoms with Gasteiger partial charge in [0.25, 0.3) is 0 Å². The molecule has 0 aliphatic heterocycles. The number of hydrogen-bond acceptors (Lipinski definition) is 3. The summed E-state index contributed by atoms with van der Waals surface area (Å²) in [5, 5.41) is 10.3. The number of rotatable bonds is 4. The molecule has 0 spiro atoms. The van der Waals surface area contributed by atoms with E-state index in [9.17, 15) is 5.11 Å². The minimum absolute atomic E-state index is 0.502. The first-order valence-corrected chi connectivity index (χ1v) is 5.92. The van der Waals surface area contributed by atoms with E-state index in [1.165, 1.54) is 0 Å². The van der Waals surface area contributed by atoms with Crippen molar-refractivity contribution in [2.24, 2.45) is 0 Å². The first-order chi connectivity index (χ1) is 8.70. The Morgan fingerprint density at radius 2 is 1.94 bits per heavy atom. The summed E-state index contributed by atoms with van der Waals surface area (Å²) in [6, 6.07) is 9.56. The van der Waals surface area contributed by atoms with Crippen LogP contribution in [0, 0.1) is 6.92 Å². The lowest BCUT2D eigenvalue weighted by Gasteiger charge is -2.14. The zero-order chi connectivity index (χ0) is 13.0. The molecule has 2 aromatic rings. The van der Waals surface area contributed by atoms with Gasteiger partial charge in [0, 0.05) is 18.8 Å². The van der Waals surface area contributed by atoms with Gasteiger partial charge in [-0.1, -0.05) is 6.07 Å². The lowest BCUT2D eigenvalue weighted by atomic mass is 9.98. The normalized spacial score (nSPS) is 12.2. The number of methoxy groups -OCH3 is 1. The van der Waals surface area contributed by atoms with Crippen LogP contribution in [0.2, 0.25) is 0 Å². The standard InChI is InChI=1S/C15H17NO2/c1-11-9-13(18-2)3-4-14(11)15(17)10-12-5-7-16-8-6-12/h3-9,15,17H,10H2,1-2H3. The van der Waals surface area contributed by atoms with Gasteiger partial charge in [-0.2, -0.15) is 0 Å². The van der Waals surface area contributed by atoms with Crippen molar-refractivity contribution in [1.29, 1.82) is 0 Å². The molecule has 94 valence electrons. The average molecular weight is 243 g/mol. The Labute approximate surface area is 107 Å². The molecule has 3 nitrogen and oxygen atoms in total. The third-order valence-corrected chi connectivity index (χ3v) is 3.01. The maximum atomic E-state index is 10.3. The van der Waals surface area contributed by atoms with Gasteiger partial charge in [-0.05, 0) is 47.9 Å². The molecule has 0 saturated carbocycles. The predicted molar refractivity (Wildman–Crippen MR) is 70.6 cm³/mol. The summed E-state index contributed by atoms with van der Waals surface area (Å²) in [5.41, 5.74) is 3.05. The van der Waals surface area contributed by atoms with Crippen molar-refractivity contribution in [3.05, 3.63) is 59.4 Å². The number of aliphatic hydroxyl groups excluding tert-OH is 1. The molecular formula is C15H17NO2. The van der Waals surface area contributed by atoms with E-state index in [1.54, 1.807) is 19.5 Å². The Morgan fingerprint density at radius 3 is 2.56 bits per heavy atom. The van der Waals surface area contributed by atoms with Gasteiger partial charge in [-0.15, -0.1) is 0 Å². The number of aryl methyl sites for hydroxylation is 1. The Hall–Kier alpha value is -1.87. The molecule has 1 atom stereocenters. The van der Waals surface area contributed by atoms with Gasteiger partial charge in [-0.3, -0.25) is 4.98 Å². The first-order valence-electron chi connectivity index (χ1n) is 5.92. The lowest BCUT2D eigenvalue weighted by Crippen LogP contribution is -2.04. The minimum Gasteiger partial charge on any atom is -0.497 e. The summed E-state index contributed by atoms with van der Waals surface area (Å²) in [5.74, 6) is 0.812. The van der Waals surface area contributed by atoms with E-state index in [0.29, 0.717) is 6.42 Å². The molecule has 0 radical (unpaired) electrons. The van der Waals surface area contributed by atoms with Crippen LogP contribution in [-0.2, 0) is 6.42 Å². The fraction of sp³-hybridized carbons (Fsp3) is 0.267. The fourth-order valence-electron chi connectivity index (χ4n) is 2.00. The number of aliphatic hydroxyl groups is 1. The summed E-state index contributed by atoms with van der Waals surface area (Å²) >= 11 is 0. The van der Waals surface area contributed by atoms with E-state index in [0.717, 1.165) is 22.4 Å². The zero-order valence-corrected chi connectivity index (χ0v) is 10.6. The number of ether oxygens (including phenoxy) is 1. The third kappa shape index (κ3) is 2.87. The van der Waals surface area contributed by atoms with Crippen LogP contribution in [0.3, 0.4) is 0 Å². The summed E-state index contributed by atoms with van der Waals surface area (Å²) in [7, 11) is 1.64. The van der Waals surface area contributed by atoms with E-state index in [2.05, 4.69) is 4.98 Å². The lowest BCUT2D eigenvalue weighted by molar-refractivity contribution is 0.177. The molecular weight excluding hydrogens is 226 g/mol. The van der Waals surface area contributed by atoms with E-state index >= 15 is 0 Å². The molecule has 1 N–H and O–H groups in total. The fourth-order valence-corrected chi connectivity index (χ4v) is 2.00. The smallest absolute Gasteiger partial charge is 0.119 e. The number of benzene rings is 1. The van der Waals surface area contributed by atoms with Gasteiger partial charge in [-0.25, -0.2) is 0 Å². The first kappa shape index (κ1) is 12.6. The molecule has 0 bridgehead atoms. The highest BCUT2D eigenvalue weighted by Gasteiger charge is 2.11. The van der Waals surface area contributed by atoms with Crippen molar-refractivity contribution < 1.29 is 9.84 Å².